The molecule has 8 nitrogen and oxygen atoms in total. The number of rotatable bonds is 9. The van der Waals surface area contributed by atoms with Crippen LogP contribution in [0, 0.1) is 5.82 Å². The molecule has 0 spiro atoms. The van der Waals surface area contributed by atoms with Gasteiger partial charge >= 0.3 is 0 Å². The fraction of sp³-hybridized carbons (Fsp3) is 0.250. The molecule has 0 amide bonds. The number of nitrogens with one attached hydrogen (secondary N) is 3. The van der Waals surface area contributed by atoms with Crippen LogP contribution in [0.1, 0.15) is 30.3 Å². The van der Waals surface area contributed by atoms with Crippen molar-refractivity contribution in [2.75, 3.05) is 18.4 Å². The average Bonchev–Trinajstić information content (AvgIpc) is 3.45. The molecule has 5 aromatic rings. The number of aromatic nitrogens is 5. The molecule has 0 aliphatic rings. The van der Waals surface area contributed by atoms with Crippen LogP contribution in [0.5, 0.6) is 0 Å². The molecule has 9 heteroatoms. The summed E-state index contributed by atoms with van der Waals surface area (Å²) in [6.07, 6.45) is 3.84. The number of halogens is 1. The Kier molecular flexibility index (Phi) is 5.95. The fourth-order valence-corrected chi connectivity index (χ4v) is 3.67. The Labute approximate surface area is 189 Å². The van der Waals surface area contributed by atoms with E-state index in [9.17, 15) is 4.39 Å². The molecule has 1 atom stereocenters. The first-order chi connectivity index (χ1) is 16.2. The number of hydrogen-bond donors (Lipinski definition) is 3. The van der Waals surface area contributed by atoms with Crippen LogP contribution in [-0.2, 0) is 13.0 Å². The van der Waals surface area contributed by atoms with Gasteiger partial charge in [-0.1, -0.05) is 19.1 Å². The molecule has 0 saturated heterocycles. The van der Waals surface area contributed by atoms with Gasteiger partial charge in [-0.2, -0.15) is 0 Å². The number of aromatic amines is 1. The van der Waals surface area contributed by atoms with Crippen LogP contribution < -0.4 is 10.6 Å². The van der Waals surface area contributed by atoms with E-state index in [2.05, 4.69) is 42.5 Å². The zero-order chi connectivity index (χ0) is 22.6. The molecule has 0 fully saturated rings. The summed E-state index contributed by atoms with van der Waals surface area (Å²) in [7, 11) is 0. The molecule has 0 saturated carbocycles. The van der Waals surface area contributed by atoms with Gasteiger partial charge in [0.25, 0.3) is 0 Å². The van der Waals surface area contributed by atoms with Crippen molar-refractivity contribution in [3.05, 3.63) is 78.1 Å². The first-order valence-corrected chi connectivity index (χ1v) is 10.9. The molecule has 1 unspecified atom stereocenters. The van der Waals surface area contributed by atoms with Gasteiger partial charge in [0.1, 0.15) is 11.6 Å². The van der Waals surface area contributed by atoms with Gasteiger partial charge in [0.05, 0.1) is 23.3 Å². The minimum atomic E-state index is -0.360. The van der Waals surface area contributed by atoms with Crippen molar-refractivity contribution in [3.63, 3.8) is 0 Å². The number of oxazole rings is 1. The van der Waals surface area contributed by atoms with Gasteiger partial charge in [-0.25, -0.2) is 19.3 Å². The molecular formula is C24H24FN7O. The molecule has 33 heavy (non-hydrogen) atoms. The second-order valence-corrected chi connectivity index (χ2v) is 7.89. The highest BCUT2D eigenvalue weighted by Crippen LogP contribution is 2.22. The lowest BCUT2D eigenvalue weighted by molar-refractivity contribution is 0.507. The predicted octanol–water partition coefficient (Wildman–Crippen LogP) is 4.18. The summed E-state index contributed by atoms with van der Waals surface area (Å²) >= 11 is 0. The number of nitrogens with zero attached hydrogens (tertiary/aromatic N) is 4. The van der Waals surface area contributed by atoms with E-state index in [0.717, 1.165) is 23.4 Å². The minimum absolute atomic E-state index is 0.211. The van der Waals surface area contributed by atoms with E-state index in [0.29, 0.717) is 41.5 Å². The van der Waals surface area contributed by atoms with Crippen LogP contribution >= 0.6 is 0 Å². The molecule has 0 bridgehead atoms. The second kappa shape index (κ2) is 9.33. The minimum Gasteiger partial charge on any atom is -0.440 e. The van der Waals surface area contributed by atoms with E-state index >= 15 is 0 Å². The van der Waals surface area contributed by atoms with E-state index in [1.807, 2.05) is 24.3 Å². The summed E-state index contributed by atoms with van der Waals surface area (Å²) in [5, 5.41) is 6.55. The Morgan fingerprint density at radius 3 is 2.85 bits per heavy atom. The maximum atomic E-state index is 13.8. The maximum absolute atomic E-state index is 13.8. The maximum Gasteiger partial charge on any atom is 0.196 e. The number of benzene rings is 1. The smallest absolute Gasteiger partial charge is 0.196 e. The highest BCUT2D eigenvalue weighted by atomic mass is 19.1. The molecule has 5 rings (SSSR count). The quantitative estimate of drug-likeness (QED) is 0.292. The Hall–Kier alpha value is -3.85. The van der Waals surface area contributed by atoms with E-state index in [1.165, 1.54) is 6.07 Å². The first-order valence-electron chi connectivity index (χ1n) is 10.9. The molecule has 0 aliphatic heterocycles. The summed E-state index contributed by atoms with van der Waals surface area (Å²) < 4.78 is 19.7. The first kappa shape index (κ1) is 21.0. The number of H-pyrrole nitrogens is 1. The number of pyridine rings is 2. The van der Waals surface area contributed by atoms with Gasteiger partial charge in [0, 0.05) is 43.9 Å². The SMILES string of the molecule is CC(CNCCc1nc2c(NCc3ncccc3F)nccc2o1)c1nc2ccccc2[nH]1. The van der Waals surface area contributed by atoms with Gasteiger partial charge in [-0.3, -0.25) is 4.98 Å². The Morgan fingerprint density at radius 2 is 1.97 bits per heavy atom. The van der Waals surface area contributed by atoms with Gasteiger partial charge in [-0.15, -0.1) is 0 Å². The van der Waals surface area contributed by atoms with E-state index in [-0.39, 0.29) is 18.3 Å². The normalized spacial score (nSPS) is 12.4. The lowest BCUT2D eigenvalue weighted by Crippen LogP contribution is -2.23. The zero-order valence-electron chi connectivity index (χ0n) is 18.2. The van der Waals surface area contributed by atoms with Crippen LogP contribution in [0.25, 0.3) is 22.1 Å². The summed E-state index contributed by atoms with van der Waals surface area (Å²) in [5.74, 6) is 2.01. The monoisotopic (exact) mass is 445 g/mol. The zero-order valence-corrected chi connectivity index (χ0v) is 18.2. The summed E-state index contributed by atoms with van der Waals surface area (Å²) in [6.45, 7) is 3.84. The molecular weight excluding hydrogens is 421 g/mol. The third-order valence-corrected chi connectivity index (χ3v) is 5.45. The van der Waals surface area contributed by atoms with Crippen molar-refractivity contribution in [1.82, 2.24) is 30.2 Å². The van der Waals surface area contributed by atoms with Crippen molar-refractivity contribution >= 4 is 28.0 Å². The van der Waals surface area contributed by atoms with Crippen LogP contribution in [0.3, 0.4) is 0 Å². The van der Waals surface area contributed by atoms with E-state index in [4.69, 9.17) is 4.42 Å². The van der Waals surface area contributed by atoms with Crippen molar-refractivity contribution in [1.29, 1.82) is 0 Å². The second-order valence-electron chi connectivity index (χ2n) is 7.89. The number of hydrogen-bond acceptors (Lipinski definition) is 7. The largest absolute Gasteiger partial charge is 0.440 e. The van der Waals surface area contributed by atoms with Gasteiger partial charge < -0.3 is 20.0 Å². The van der Waals surface area contributed by atoms with Crippen molar-refractivity contribution < 1.29 is 8.81 Å². The Bertz CT molecular complexity index is 1350. The van der Waals surface area contributed by atoms with Crippen molar-refractivity contribution in [2.45, 2.75) is 25.8 Å². The molecule has 3 N–H and O–H groups in total. The van der Waals surface area contributed by atoms with Gasteiger partial charge in [0.2, 0.25) is 0 Å². The standard InChI is InChI=1S/C24H24FN7O/c1-15(23-30-17-6-2-3-7-18(17)31-23)13-26-11-9-21-32-22-20(33-21)8-12-28-24(22)29-14-19-16(25)5-4-10-27-19/h2-8,10,12,15,26H,9,11,13-14H2,1H3,(H,28,29)(H,30,31). The Balaban J connectivity index is 1.17. The van der Waals surface area contributed by atoms with Crippen LogP contribution in [0.2, 0.25) is 0 Å². The molecule has 1 aromatic carbocycles. The lowest BCUT2D eigenvalue weighted by atomic mass is 10.1. The molecule has 4 aromatic heterocycles. The predicted molar refractivity (Wildman–Crippen MR) is 124 cm³/mol. The molecule has 0 aliphatic carbocycles. The number of anilines is 1. The highest BCUT2D eigenvalue weighted by molar-refractivity contribution is 5.83. The Morgan fingerprint density at radius 1 is 1.06 bits per heavy atom. The number of fused-ring (bicyclic) bond motifs is 2. The van der Waals surface area contributed by atoms with Gasteiger partial charge in [0.15, 0.2) is 22.8 Å². The third kappa shape index (κ3) is 4.68. The summed E-state index contributed by atoms with van der Waals surface area (Å²) in [5.41, 5.74) is 3.62. The summed E-state index contributed by atoms with van der Waals surface area (Å²) in [4.78, 5) is 21.0. The lowest BCUT2D eigenvalue weighted by Gasteiger charge is -2.09. The van der Waals surface area contributed by atoms with E-state index < -0.39 is 0 Å². The highest BCUT2D eigenvalue weighted by Gasteiger charge is 2.13. The van der Waals surface area contributed by atoms with Gasteiger partial charge in [-0.05, 0) is 24.3 Å². The number of imidazole rings is 1. The molecule has 4 heterocycles. The average molecular weight is 446 g/mol. The topological polar surface area (TPSA) is 105 Å². The number of para-hydroxylation sites is 2. The molecule has 0 radical (unpaired) electrons. The fourth-order valence-electron chi connectivity index (χ4n) is 3.67. The van der Waals surface area contributed by atoms with Crippen LogP contribution in [0.4, 0.5) is 10.2 Å². The van der Waals surface area contributed by atoms with Crippen LogP contribution in [0.15, 0.2) is 59.3 Å². The molecule has 168 valence electrons. The van der Waals surface area contributed by atoms with Crippen molar-refractivity contribution in [3.8, 4) is 0 Å². The van der Waals surface area contributed by atoms with Crippen molar-refractivity contribution in [2.24, 2.45) is 0 Å². The van der Waals surface area contributed by atoms with Crippen LogP contribution in [-0.4, -0.2) is 38.0 Å². The third-order valence-electron chi connectivity index (χ3n) is 5.45. The summed E-state index contributed by atoms with van der Waals surface area (Å²) in [6, 6.07) is 12.7. The van der Waals surface area contributed by atoms with E-state index in [1.54, 1.807) is 24.5 Å².